The minimum absolute atomic E-state index is 0.0181. The van der Waals surface area contributed by atoms with Crippen molar-refractivity contribution in [3.05, 3.63) is 24.0 Å². The maximum absolute atomic E-state index is 12.6. The van der Waals surface area contributed by atoms with Crippen LogP contribution in [0.15, 0.2) is 18.2 Å². The molecular weight excluding hydrogens is 306 g/mol. The van der Waals surface area contributed by atoms with Crippen LogP contribution in [-0.4, -0.2) is 34.5 Å². The maximum Gasteiger partial charge on any atom is 0.227 e. The van der Waals surface area contributed by atoms with E-state index in [-0.39, 0.29) is 11.8 Å². The van der Waals surface area contributed by atoms with Crippen molar-refractivity contribution in [2.24, 2.45) is 13.0 Å². The molecule has 4 rings (SSSR count). The summed E-state index contributed by atoms with van der Waals surface area (Å²) < 4.78 is 13.5. The fourth-order valence-electron chi connectivity index (χ4n) is 3.75. The first kappa shape index (κ1) is 15.6. The number of carbonyl (C=O) groups excluding carboxylic acids is 1. The van der Waals surface area contributed by atoms with Gasteiger partial charge in [0.15, 0.2) is 5.79 Å². The summed E-state index contributed by atoms with van der Waals surface area (Å²) in [7, 11) is 1.99. The van der Waals surface area contributed by atoms with Gasteiger partial charge in [0.25, 0.3) is 0 Å². The third-order valence-corrected chi connectivity index (χ3v) is 5.30. The van der Waals surface area contributed by atoms with E-state index in [1.165, 1.54) is 0 Å². The van der Waals surface area contributed by atoms with Crippen LogP contribution in [0.5, 0.6) is 0 Å². The summed E-state index contributed by atoms with van der Waals surface area (Å²) in [6, 6.07) is 5.88. The van der Waals surface area contributed by atoms with Gasteiger partial charge in [-0.1, -0.05) is 0 Å². The number of fused-ring (bicyclic) bond motifs is 1. The average molecular weight is 329 g/mol. The van der Waals surface area contributed by atoms with Gasteiger partial charge < -0.3 is 19.4 Å². The molecule has 6 heteroatoms. The Kier molecular flexibility index (Phi) is 3.81. The molecule has 6 nitrogen and oxygen atoms in total. The topological polar surface area (TPSA) is 65.4 Å². The Labute approximate surface area is 141 Å². The Balaban J connectivity index is 1.43. The first-order chi connectivity index (χ1) is 11.6. The van der Waals surface area contributed by atoms with Crippen LogP contribution in [0.4, 0.5) is 5.69 Å². The van der Waals surface area contributed by atoms with Crippen LogP contribution >= 0.6 is 0 Å². The van der Waals surface area contributed by atoms with E-state index in [0.29, 0.717) is 13.2 Å². The van der Waals surface area contributed by atoms with Crippen molar-refractivity contribution in [2.45, 2.75) is 38.4 Å². The molecule has 1 aromatic heterocycles. The number of rotatable bonds is 2. The number of hydrogen-bond acceptors (Lipinski definition) is 4. The average Bonchev–Trinajstić information content (AvgIpc) is 3.13. The fraction of sp³-hybridized carbons (Fsp3) is 0.556. The molecule has 0 bridgehead atoms. The van der Waals surface area contributed by atoms with Crippen molar-refractivity contribution >= 4 is 22.6 Å². The molecule has 0 atom stereocenters. The molecule has 1 amide bonds. The van der Waals surface area contributed by atoms with Crippen molar-refractivity contribution in [1.82, 2.24) is 9.55 Å². The van der Waals surface area contributed by atoms with E-state index in [1.807, 2.05) is 36.7 Å². The third-order valence-electron chi connectivity index (χ3n) is 5.30. The third kappa shape index (κ3) is 2.70. The molecule has 2 aliphatic rings. The normalized spacial score (nSPS) is 20.8. The number of nitrogens with one attached hydrogen (secondary N) is 1. The standard InChI is InChI=1S/C18H23N3O3/c1-12-19-15-11-14(3-4-16(15)21(12)2)20-17(22)13-5-7-18(8-6-13)23-9-10-24-18/h3-4,11,13H,5-10H2,1-2H3,(H,20,22). The molecule has 2 aromatic rings. The minimum atomic E-state index is -0.415. The number of aromatic nitrogens is 2. The highest BCUT2D eigenvalue weighted by Gasteiger charge is 2.41. The van der Waals surface area contributed by atoms with Crippen LogP contribution < -0.4 is 5.32 Å². The van der Waals surface area contributed by atoms with Gasteiger partial charge >= 0.3 is 0 Å². The number of amides is 1. The Hall–Kier alpha value is -1.92. The maximum atomic E-state index is 12.6. The van der Waals surface area contributed by atoms with E-state index in [2.05, 4.69) is 10.3 Å². The molecule has 1 spiro atoms. The first-order valence-corrected chi connectivity index (χ1v) is 8.58. The number of nitrogens with zero attached hydrogens (tertiary/aromatic N) is 2. The van der Waals surface area contributed by atoms with Crippen molar-refractivity contribution in [2.75, 3.05) is 18.5 Å². The monoisotopic (exact) mass is 329 g/mol. The van der Waals surface area contributed by atoms with E-state index in [0.717, 1.165) is 48.2 Å². The lowest BCUT2D eigenvalue weighted by Gasteiger charge is -2.34. The van der Waals surface area contributed by atoms with Crippen molar-refractivity contribution < 1.29 is 14.3 Å². The zero-order valence-corrected chi connectivity index (χ0v) is 14.2. The van der Waals surface area contributed by atoms with Gasteiger partial charge in [-0.05, 0) is 38.0 Å². The largest absolute Gasteiger partial charge is 0.348 e. The van der Waals surface area contributed by atoms with Gasteiger partial charge in [0.1, 0.15) is 5.82 Å². The lowest BCUT2D eigenvalue weighted by molar-refractivity contribution is -0.182. The molecule has 1 saturated carbocycles. The summed E-state index contributed by atoms with van der Waals surface area (Å²) in [6.45, 7) is 3.31. The molecule has 1 aliphatic heterocycles. The number of benzene rings is 1. The van der Waals surface area contributed by atoms with E-state index in [4.69, 9.17) is 9.47 Å². The van der Waals surface area contributed by atoms with Crippen molar-refractivity contribution in [3.63, 3.8) is 0 Å². The molecule has 2 heterocycles. The Morgan fingerprint density at radius 1 is 1.29 bits per heavy atom. The number of imidazole rings is 1. The first-order valence-electron chi connectivity index (χ1n) is 8.58. The molecule has 1 aromatic carbocycles. The summed E-state index contributed by atoms with van der Waals surface area (Å²) in [5, 5.41) is 3.04. The quantitative estimate of drug-likeness (QED) is 0.920. The molecule has 1 N–H and O–H groups in total. The van der Waals surface area contributed by atoms with Gasteiger partial charge in [0, 0.05) is 31.5 Å². The van der Waals surface area contributed by atoms with E-state index in [1.54, 1.807) is 0 Å². The van der Waals surface area contributed by atoms with Gasteiger partial charge in [-0.2, -0.15) is 0 Å². The minimum Gasteiger partial charge on any atom is -0.348 e. The van der Waals surface area contributed by atoms with Crippen LogP contribution in [0, 0.1) is 12.8 Å². The number of ether oxygens (including phenoxy) is 2. The van der Waals surface area contributed by atoms with Gasteiger partial charge in [-0.15, -0.1) is 0 Å². The highest BCUT2D eigenvalue weighted by molar-refractivity contribution is 5.94. The molecule has 0 radical (unpaired) electrons. The van der Waals surface area contributed by atoms with Crippen LogP contribution in [0.25, 0.3) is 11.0 Å². The fourth-order valence-corrected chi connectivity index (χ4v) is 3.75. The summed E-state index contributed by atoms with van der Waals surface area (Å²) in [4.78, 5) is 17.1. The number of anilines is 1. The van der Waals surface area contributed by atoms with E-state index in [9.17, 15) is 4.79 Å². The number of hydrogen-bond donors (Lipinski definition) is 1. The summed E-state index contributed by atoms with van der Waals surface area (Å²) in [6.07, 6.45) is 3.20. The van der Waals surface area contributed by atoms with Crippen LogP contribution in [-0.2, 0) is 21.3 Å². The van der Waals surface area contributed by atoms with Crippen LogP contribution in [0.2, 0.25) is 0 Å². The second kappa shape index (κ2) is 5.86. The highest BCUT2D eigenvalue weighted by atomic mass is 16.7. The molecule has 1 saturated heterocycles. The van der Waals surface area contributed by atoms with Crippen molar-refractivity contribution in [1.29, 1.82) is 0 Å². The molecule has 24 heavy (non-hydrogen) atoms. The molecule has 128 valence electrons. The Morgan fingerprint density at radius 3 is 2.71 bits per heavy atom. The summed E-state index contributed by atoms with van der Waals surface area (Å²) >= 11 is 0. The van der Waals surface area contributed by atoms with Gasteiger partial charge in [-0.25, -0.2) is 4.98 Å². The van der Waals surface area contributed by atoms with E-state index < -0.39 is 5.79 Å². The number of carbonyl (C=O) groups is 1. The lowest BCUT2D eigenvalue weighted by Crippen LogP contribution is -2.38. The summed E-state index contributed by atoms with van der Waals surface area (Å²) in [5.41, 5.74) is 2.78. The zero-order valence-electron chi connectivity index (χ0n) is 14.2. The lowest BCUT2D eigenvalue weighted by atomic mass is 9.84. The van der Waals surface area contributed by atoms with Gasteiger partial charge in [-0.3, -0.25) is 4.79 Å². The molecule has 1 aliphatic carbocycles. The Bertz CT molecular complexity index is 767. The Morgan fingerprint density at radius 2 is 2.00 bits per heavy atom. The predicted molar refractivity (Wildman–Crippen MR) is 90.7 cm³/mol. The highest BCUT2D eigenvalue weighted by Crippen LogP contribution is 2.38. The summed E-state index contributed by atoms with van der Waals surface area (Å²) in [5.74, 6) is 0.642. The van der Waals surface area contributed by atoms with Crippen LogP contribution in [0.3, 0.4) is 0 Å². The van der Waals surface area contributed by atoms with Crippen molar-refractivity contribution in [3.8, 4) is 0 Å². The second-order valence-corrected chi connectivity index (χ2v) is 6.79. The molecule has 2 fully saturated rings. The van der Waals surface area contributed by atoms with Crippen LogP contribution in [0.1, 0.15) is 31.5 Å². The number of aryl methyl sites for hydroxylation is 2. The molecular formula is C18H23N3O3. The van der Waals surface area contributed by atoms with Gasteiger partial charge in [0.05, 0.1) is 24.2 Å². The van der Waals surface area contributed by atoms with Gasteiger partial charge in [0.2, 0.25) is 5.91 Å². The predicted octanol–water partition coefficient (Wildman–Crippen LogP) is 2.75. The second-order valence-electron chi connectivity index (χ2n) is 6.79. The zero-order chi connectivity index (χ0) is 16.7. The van der Waals surface area contributed by atoms with E-state index >= 15 is 0 Å². The SMILES string of the molecule is Cc1nc2cc(NC(=O)C3CCC4(CC3)OCCO4)ccc2n1C. The smallest absolute Gasteiger partial charge is 0.227 e. The molecule has 0 unspecified atom stereocenters.